The van der Waals surface area contributed by atoms with E-state index in [0.717, 1.165) is 0 Å². The summed E-state index contributed by atoms with van der Waals surface area (Å²) in [5.41, 5.74) is 1.54. The number of Topliss-reactive ketones (excluding diaryl/α,β-unsaturated/α-hetero) is 1. The molecule has 0 saturated carbocycles. The van der Waals surface area contributed by atoms with E-state index in [1.54, 1.807) is 55.5 Å². The summed E-state index contributed by atoms with van der Waals surface area (Å²) in [5.74, 6) is -0.470. The molecule has 2 aromatic carbocycles. The standard InChI is InChI=1S/C22H20N2O5S/c1-3-29-21(27)19-17(20(26)14-7-9-16(28-2)10-8-14)18(23-22(30)24-19)15-6-4-5-13(11-15)12-25/h4-12,18H,3H2,1-2H3,(H2,23,24,30). The Kier molecular flexibility index (Phi) is 6.58. The first-order chi connectivity index (χ1) is 14.5. The number of benzene rings is 2. The van der Waals surface area contributed by atoms with Crippen LogP contribution in [0.25, 0.3) is 0 Å². The summed E-state index contributed by atoms with van der Waals surface area (Å²) in [7, 11) is 1.53. The summed E-state index contributed by atoms with van der Waals surface area (Å²) >= 11 is 5.25. The third-order valence-electron chi connectivity index (χ3n) is 4.53. The summed E-state index contributed by atoms with van der Waals surface area (Å²) in [6, 6.07) is 12.6. The Bertz CT molecular complexity index is 1030. The van der Waals surface area contributed by atoms with Gasteiger partial charge < -0.3 is 20.1 Å². The van der Waals surface area contributed by atoms with Gasteiger partial charge in [0.25, 0.3) is 0 Å². The molecular formula is C22H20N2O5S. The Labute approximate surface area is 179 Å². The minimum Gasteiger partial charge on any atom is -0.497 e. The van der Waals surface area contributed by atoms with Gasteiger partial charge >= 0.3 is 5.97 Å². The van der Waals surface area contributed by atoms with Crippen molar-refractivity contribution in [3.8, 4) is 5.75 Å². The van der Waals surface area contributed by atoms with Gasteiger partial charge in [0, 0.05) is 11.1 Å². The molecule has 2 N–H and O–H groups in total. The van der Waals surface area contributed by atoms with Crippen LogP contribution in [0.5, 0.6) is 5.75 Å². The third kappa shape index (κ3) is 4.38. The highest BCUT2D eigenvalue weighted by atomic mass is 32.1. The fraction of sp³-hybridized carbons (Fsp3) is 0.182. The Balaban J connectivity index is 2.16. The van der Waals surface area contributed by atoms with Crippen LogP contribution in [0, 0.1) is 0 Å². The molecule has 1 atom stereocenters. The normalized spacial score (nSPS) is 15.7. The predicted molar refractivity (Wildman–Crippen MR) is 114 cm³/mol. The predicted octanol–water partition coefficient (Wildman–Crippen LogP) is 2.73. The number of methoxy groups -OCH3 is 1. The lowest BCUT2D eigenvalue weighted by molar-refractivity contribution is -0.138. The summed E-state index contributed by atoms with van der Waals surface area (Å²) in [6.45, 7) is 1.81. The van der Waals surface area contributed by atoms with Crippen molar-refractivity contribution >= 4 is 35.4 Å². The molecular weight excluding hydrogens is 404 g/mol. The molecule has 0 radical (unpaired) electrons. The van der Waals surface area contributed by atoms with Crippen molar-refractivity contribution in [2.75, 3.05) is 13.7 Å². The molecule has 0 bridgehead atoms. The molecule has 1 heterocycles. The molecule has 1 aliphatic heterocycles. The highest BCUT2D eigenvalue weighted by Gasteiger charge is 2.35. The van der Waals surface area contributed by atoms with Crippen molar-refractivity contribution in [2.24, 2.45) is 0 Å². The zero-order chi connectivity index (χ0) is 21.7. The van der Waals surface area contributed by atoms with Gasteiger partial charge in [-0.15, -0.1) is 0 Å². The summed E-state index contributed by atoms with van der Waals surface area (Å²) < 4.78 is 10.3. The first-order valence-electron chi connectivity index (χ1n) is 9.21. The molecule has 30 heavy (non-hydrogen) atoms. The maximum Gasteiger partial charge on any atom is 0.355 e. The van der Waals surface area contributed by atoms with E-state index in [1.165, 1.54) is 7.11 Å². The molecule has 2 aromatic rings. The van der Waals surface area contributed by atoms with Crippen LogP contribution < -0.4 is 15.4 Å². The minimum absolute atomic E-state index is 0.0251. The van der Waals surface area contributed by atoms with Gasteiger partial charge in [-0.05, 0) is 55.0 Å². The lowest BCUT2D eigenvalue weighted by atomic mass is 9.88. The highest BCUT2D eigenvalue weighted by molar-refractivity contribution is 7.80. The number of carbonyl (C=O) groups excluding carboxylic acids is 3. The monoisotopic (exact) mass is 424 g/mol. The van der Waals surface area contributed by atoms with Crippen LogP contribution in [0.15, 0.2) is 59.8 Å². The van der Waals surface area contributed by atoms with Gasteiger partial charge in [0.1, 0.15) is 17.7 Å². The molecule has 0 fully saturated rings. The molecule has 0 amide bonds. The quantitative estimate of drug-likeness (QED) is 0.303. The molecule has 0 aliphatic carbocycles. The second-order valence-corrected chi connectivity index (χ2v) is 6.79. The van der Waals surface area contributed by atoms with Crippen LogP contribution in [0.2, 0.25) is 0 Å². The molecule has 0 saturated heterocycles. The molecule has 8 heteroatoms. The number of aldehydes is 1. The fourth-order valence-electron chi connectivity index (χ4n) is 3.13. The van der Waals surface area contributed by atoms with E-state index in [0.29, 0.717) is 28.7 Å². The Morgan fingerprint density at radius 3 is 2.53 bits per heavy atom. The second kappa shape index (κ2) is 9.32. The van der Waals surface area contributed by atoms with Crippen molar-refractivity contribution in [1.29, 1.82) is 0 Å². The second-order valence-electron chi connectivity index (χ2n) is 6.39. The lowest BCUT2D eigenvalue weighted by Crippen LogP contribution is -2.47. The number of carbonyl (C=O) groups is 3. The molecule has 3 rings (SSSR count). The SMILES string of the molecule is CCOC(=O)C1=C(C(=O)c2ccc(OC)cc2)C(c2cccc(C=O)c2)NC(=S)N1. The van der Waals surface area contributed by atoms with Crippen LogP contribution in [-0.4, -0.2) is 36.9 Å². The van der Waals surface area contributed by atoms with Gasteiger partial charge in [-0.3, -0.25) is 9.59 Å². The maximum atomic E-state index is 13.5. The molecule has 0 spiro atoms. The first-order valence-corrected chi connectivity index (χ1v) is 9.62. The van der Waals surface area contributed by atoms with Gasteiger partial charge in [0.15, 0.2) is 10.9 Å². The van der Waals surface area contributed by atoms with Crippen molar-refractivity contribution < 1.29 is 23.9 Å². The molecule has 154 valence electrons. The van der Waals surface area contributed by atoms with Gasteiger partial charge in [-0.25, -0.2) is 4.79 Å². The van der Waals surface area contributed by atoms with Crippen LogP contribution in [0.1, 0.15) is 39.2 Å². The maximum absolute atomic E-state index is 13.5. The van der Waals surface area contributed by atoms with Crippen LogP contribution in [0.3, 0.4) is 0 Å². The largest absolute Gasteiger partial charge is 0.497 e. The number of ketones is 1. The number of ether oxygens (including phenoxy) is 2. The first kappa shape index (κ1) is 21.2. The number of esters is 1. The van der Waals surface area contributed by atoms with Gasteiger partial charge in [-0.1, -0.05) is 18.2 Å². The summed E-state index contributed by atoms with van der Waals surface area (Å²) in [5, 5.41) is 5.96. The Morgan fingerprint density at radius 2 is 1.90 bits per heavy atom. The van der Waals surface area contributed by atoms with E-state index in [1.807, 2.05) is 0 Å². The third-order valence-corrected chi connectivity index (χ3v) is 4.75. The van der Waals surface area contributed by atoms with E-state index in [4.69, 9.17) is 21.7 Å². The topological polar surface area (TPSA) is 93.7 Å². The average molecular weight is 424 g/mol. The molecule has 1 unspecified atom stereocenters. The van der Waals surface area contributed by atoms with E-state index in [9.17, 15) is 14.4 Å². The Hall–Kier alpha value is -3.52. The van der Waals surface area contributed by atoms with E-state index in [2.05, 4.69) is 10.6 Å². The van der Waals surface area contributed by atoms with E-state index in [-0.39, 0.29) is 28.8 Å². The Morgan fingerprint density at radius 1 is 1.17 bits per heavy atom. The molecule has 7 nitrogen and oxygen atoms in total. The van der Waals surface area contributed by atoms with E-state index < -0.39 is 12.0 Å². The number of thiocarbonyl (C=S) groups is 1. The lowest BCUT2D eigenvalue weighted by Gasteiger charge is -2.30. The van der Waals surface area contributed by atoms with Crippen molar-refractivity contribution in [1.82, 2.24) is 10.6 Å². The average Bonchev–Trinajstić information content (AvgIpc) is 2.78. The van der Waals surface area contributed by atoms with Crippen LogP contribution >= 0.6 is 12.2 Å². The number of hydrogen-bond acceptors (Lipinski definition) is 6. The highest BCUT2D eigenvalue weighted by Crippen LogP contribution is 2.31. The molecule has 1 aliphatic rings. The van der Waals surface area contributed by atoms with Crippen LogP contribution in [-0.2, 0) is 9.53 Å². The van der Waals surface area contributed by atoms with E-state index >= 15 is 0 Å². The number of nitrogens with one attached hydrogen (secondary N) is 2. The van der Waals surface area contributed by atoms with Crippen LogP contribution in [0.4, 0.5) is 0 Å². The van der Waals surface area contributed by atoms with Crippen molar-refractivity contribution in [3.63, 3.8) is 0 Å². The number of rotatable bonds is 7. The van der Waals surface area contributed by atoms with Crippen molar-refractivity contribution in [3.05, 3.63) is 76.5 Å². The number of hydrogen-bond donors (Lipinski definition) is 2. The zero-order valence-electron chi connectivity index (χ0n) is 16.4. The summed E-state index contributed by atoms with van der Waals surface area (Å²) in [4.78, 5) is 37.3. The summed E-state index contributed by atoms with van der Waals surface area (Å²) in [6.07, 6.45) is 0.712. The van der Waals surface area contributed by atoms with Crippen molar-refractivity contribution in [2.45, 2.75) is 13.0 Å². The van der Waals surface area contributed by atoms with Gasteiger partial charge in [-0.2, -0.15) is 0 Å². The minimum atomic E-state index is -0.743. The molecule has 0 aromatic heterocycles. The van der Waals surface area contributed by atoms with Gasteiger partial charge in [0.05, 0.1) is 25.3 Å². The fourth-order valence-corrected chi connectivity index (χ4v) is 3.35. The smallest absolute Gasteiger partial charge is 0.355 e. The van der Waals surface area contributed by atoms with Gasteiger partial charge in [0.2, 0.25) is 0 Å². The zero-order valence-corrected chi connectivity index (χ0v) is 17.2.